The van der Waals surface area contributed by atoms with E-state index >= 15 is 0 Å². The number of carbonyl (C=O) groups excluding carboxylic acids is 1. The molecule has 25 heavy (non-hydrogen) atoms. The third kappa shape index (κ3) is 3.82. The average Bonchev–Trinajstić information content (AvgIpc) is 2.59. The second kappa shape index (κ2) is 7.23. The molecule has 0 bridgehead atoms. The number of hydrogen-bond donors (Lipinski definition) is 2. The van der Waals surface area contributed by atoms with Crippen LogP contribution in [0.3, 0.4) is 0 Å². The number of aryl methyl sites for hydroxylation is 1. The van der Waals surface area contributed by atoms with Gasteiger partial charge in [0, 0.05) is 17.7 Å². The van der Waals surface area contributed by atoms with Gasteiger partial charge in [0.1, 0.15) is 5.82 Å². The molecule has 2 aromatic carbocycles. The molecular formula is C18H17F4NO2. The van der Waals surface area contributed by atoms with Gasteiger partial charge in [0.05, 0.1) is 0 Å². The molecule has 0 spiro atoms. The van der Waals surface area contributed by atoms with E-state index in [1.807, 2.05) is 12.2 Å². The SMILES string of the molecule is CCc1ccc(F)c(CNC(=O)[C@@](O)(c2ccccc2)C(F)(F)F)c1. The maximum Gasteiger partial charge on any atom is 0.430 e. The molecule has 2 rings (SSSR count). The number of carbonyl (C=O) groups is 1. The molecule has 2 N–H and O–H groups in total. The highest BCUT2D eigenvalue weighted by Gasteiger charge is 2.60. The first-order valence-electron chi connectivity index (χ1n) is 7.60. The van der Waals surface area contributed by atoms with Gasteiger partial charge in [-0.05, 0) is 18.1 Å². The summed E-state index contributed by atoms with van der Waals surface area (Å²) in [5, 5.41) is 12.1. The number of amides is 1. The normalized spacial score (nSPS) is 14.0. The fraction of sp³-hybridized carbons (Fsp3) is 0.278. The molecule has 0 aliphatic heterocycles. The molecule has 134 valence electrons. The number of aliphatic hydroxyl groups is 1. The summed E-state index contributed by atoms with van der Waals surface area (Å²) < 4.78 is 53.9. The second-order valence-electron chi connectivity index (χ2n) is 5.54. The Balaban J connectivity index is 2.28. The topological polar surface area (TPSA) is 49.3 Å². The lowest BCUT2D eigenvalue weighted by Gasteiger charge is -2.29. The number of alkyl halides is 3. The highest BCUT2D eigenvalue weighted by molar-refractivity contribution is 5.87. The van der Waals surface area contributed by atoms with E-state index in [4.69, 9.17) is 0 Å². The average molecular weight is 355 g/mol. The maximum absolute atomic E-state index is 13.8. The van der Waals surface area contributed by atoms with E-state index in [0.29, 0.717) is 6.42 Å². The van der Waals surface area contributed by atoms with Crippen molar-refractivity contribution in [3.63, 3.8) is 0 Å². The largest absolute Gasteiger partial charge is 0.430 e. The lowest BCUT2D eigenvalue weighted by Crippen LogP contribution is -2.54. The molecule has 0 saturated carbocycles. The van der Waals surface area contributed by atoms with Crippen molar-refractivity contribution in [1.29, 1.82) is 0 Å². The Morgan fingerprint density at radius 2 is 1.76 bits per heavy atom. The number of hydrogen-bond acceptors (Lipinski definition) is 2. The van der Waals surface area contributed by atoms with Crippen LogP contribution in [0.4, 0.5) is 17.6 Å². The Hall–Kier alpha value is -2.41. The summed E-state index contributed by atoms with van der Waals surface area (Å²) in [6, 6.07) is 10.2. The van der Waals surface area contributed by atoms with Crippen molar-refractivity contribution >= 4 is 5.91 Å². The molecular weight excluding hydrogens is 338 g/mol. The van der Waals surface area contributed by atoms with Crippen LogP contribution in [0, 0.1) is 5.82 Å². The molecule has 0 fully saturated rings. The fourth-order valence-corrected chi connectivity index (χ4v) is 2.39. The van der Waals surface area contributed by atoms with Gasteiger partial charge in [0.25, 0.3) is 11.5 Å². The Bertz CT molecular complexity index is 746. The molecule has 2 aromatic rings. The predicted molar refractivity (Wildman–Crippen MR) is 84.0 cm³/mol. The monoisotopic (exact) mass is 355 g/mol. The van der Waals surface area contributed by atoms with E-state index in [2.05, 4.69) is 0 Å². The van der Waals surface area contributed by atoms with Gasteiger partial charge in [0.2, 0.25) is 0 Å². The minimum Gasteiger partial charge on any atom is -0.369 e. The minimum atomic E-state index is -5.23. The summed E-state index contributed by atoms with van der Waals surface area (Å²) in [6.45, 7) is 1.37. The molecule has 0 saturated heterocycles. The van der Waals surface area contributed by atoms with E-state index in [1.165, 1.54) is 30.3 Å². The van der Waals surface area contributed by atoms with Crippen LogP contribution in [-0.4, -0.2) is 17.2 Å². The number of benzene rings is 2. The van der Waals surface area contributed by atoms with Gasteiger partial charge in [-0.1, -0.05) is 49.4 Å². The van der Waals surface area contributed by atoms with Crippen molar-refractivity contribution in [3.8, 4) is 0 Å². The van der Waals surface area contributed by atoms with Crippen molar-refractivity contribution in [2.24, 2.45) is 0 Å². The van der Waals surface area contributed by atoms with E-state index in [0.717, 1.165) is 17.7 Å². The van der Waals surface area contributed by atoms with Crippen molar-refractivity contribution < 1.29 is 27.5 Å². The van der Waals surface area contributed by atoms with Crippen LogP contribution in [0.25, 0.3) is 0 Å². The molecule has 0 aromatic heterocycles. The zero-order chi connectivity index (χ0) is 18.7. The van der Waals surface area contributed by atoms with Crippen LogP contribution in [0.15, 0.2) is 48.5 Å². The summed E-state index contributed by atoms with van der Waals surface area (Å²) in [6.07, 6.45) is -4.63. The van der Waals surface area contributed by atoms with Gasteiger partial charge >= 0.3 is 6.18 Å². The van der Waals surface area contributed by atoms with Crippen LogP contribution in [-0.2, 0) is 23.4 Å². The summed E-state index contributed by atoms with van der Waals surface area (Å²) in [7, 11) is 0. The predicted octanol–water partition coefficient (Wildman–Crippen LogP) is 3.45. The van der Waals surface area contributed by atoms with Gasteiger partial charge in [-0.3, -0.25) is 4.79 Å². The fourth-order valence-electron chi connectivity index (χ4n) is 2.39. The van der Waals surface area contributed by atoms with E-state index in [-0.39, 0.29) is 5.56 Å². The molecule has 0 radical (unpaired) electrons. The Labute approximate surface area is 142 Å². The van der Waals surface area contributed by atoms with Gasteiger partial charge in [-0.2, -0.15) is 13.2 Å². The van der Waals surface area contributed by atoms with Crippen molar-refractivity contribution in [2.75, 3.05) is 0 Å². The van der Waals surface area contributed by atoms with Gasteiger partial charge in [-0.25, -0.2) is 4.39 Å². The smallest absolute Gasteiger partial charge is 0.369 e. The third-order valence-corrected chi connectivity index (χ3v) is 3.89. The van der Waals surface area contributed by atoms with E-state index < -0.39 is 35.6 Å². The first kappa shape index (κ1) is 18.9. The number of rotatable bonds is 5. The number of halogens is 4. The van der Waals surface area contributed by atoms with Gasteiger partial charge in [-0.15, -0.1) is 0 Å². The van der Waals surface area contributed by atoms with E-state index in [1.54, 1.807) is 6.07 Å². The van der Waals surface area contributed by atoms with Crippen LogP contribution in [0.5, 0.6) is 0 Å². The molecule has 1 atom stereocenters. The maximum atomic E-state index is 13.8. The first-order valence-corrected chi connectivity index (χ1v) is 7.60. The standard InChI is InChI=1S/C18H17F4NO2/c1-2-12-8-9-15(19)13(10-12)11-23-16(24)17(25,18(20,21)22)14-6-4-3-5-7-14/h3-10,25H,2,11H2,1H3,(H,23,24)/t17-/m0/s1. The molecule has 3 nitrogen and oxygen atoms in total. The van der Waals surface area contributed by atoms with Gasteiger partial charge < -0.3 is 10.4 Å². The zero-order valence-corrected chi connectivity index (χ0v) is 13.4. The van der Waals surface area contributed by atoms with Crippen LogP contribution < -0.4 is 5.32 Å². The molecule has 0 aliphatic carbocycles. The van der Waals surface area contributed by atoms with Crippen molar-refractivity contribution in [1.82, 2.24) is 5.32 Å². The first-order chi connectivity index (χ1) is 11.7. The Kier molecular flexibility index (Phi) is 5.47. The van der Waals surface area contributed by atoms with Crippen molar-refractivity contribution in [2.45, 2.75) is 31.7 Å². The highest BCUT2D eigenvalue weighted by Crippen LogP contribution is 2.39. The third-order valence-electron chi connectivity index (χ3n) is 3.89. The summed E-state index contributed by atoms with van der Waals surface area (Å²) >= 11 is 0. The zero-order valence-electron chi connectivity index (χ0n) is 13.4. The van der Waals surface area contributed by atoms with Crippen molar-refractivity contribution in [3.05, 3.63) is 71.0 Å². The molecule has 0 unspecified atom stereocenters. The van der Waals surface area contributed by atoms with Gasteiger partial charge in [0.15, 0.2) is 0 Å². The summed E-state index contributed by atoms with van der Waals surface area (Å²) in [4.78, 5) is 12.1. The second-order valence-corrected chi connectivity index (χ2v) is 5.54. The van der Waals surface area contributed by atoms with Crippen LogP contribution in [0.1, 0.15) is 23.6 Å². The minimum absolute atomic E-state index is 0.0466. The lowest BCUT2D eigenvalue weighted by atomic mass is 9.92. The summed E-state index contributed by atoms with van der Waals surface area (Å²) in [5.74, 6) is -2.31. The highest BCUT2D eigenvalue weighted by atomic mass is 19.4. The molecule has 7 heteroatoms. The lowest BCUT2D eigenvalue weighted by molar-refractivity contribution is -0.257. The quantitative estimate of drug-likeness (QED) is 0.807. The Morgan fingerprint density at radius 3 is 2.32 bits per heavy atom. The summed E-state index contributed by atoms with van der Waals surface area (Å²) in [5.41, 5.74) is -3.50. The number of nitrogens with one attached hydrogen (secondary N) is 1. The molecule has 0 aliphatic rings. The van der Waals surface area contributed by atoms with Crippen LogP contribution >= 0.6 is 0 Å². The Morgan fingerprint density at radius 1 is 1.12 bits per heavy atom. The molecule has 1 amide bonds. The van der Waals surface area contributed by atoms with Crippen LogP contribution in [0.2, 0.25) is 0 Å². The van der Waals surface area contributed by atoms with E-state index in [9.17, 15) is 27.5 Å². The molecule has 0 heterocycles.